The average Bonchev–Trinajstić information content (AvgIpc) is 2.41. The molecule has 0 amide bonds. The van der Waals surface area contributed by atoms with Gasteiger partial charge in [0, 0.05) is 4.90 Å². The lowest BCUT2D eigenvalue weighted by molar-refractivity contribution is 0.0696. The minimum atomic E-state index is -1.24. The van der Waals surface area contributed by atoms with Gasteiger partial charge in [0.05, 0.1) is 22.1 Å². The highest BCUT2D eigenvalue weighted by Crippen LogP contribution is 2.17. The number of aromatic carboxylic acids is 1. The molecular formula is C16H16O3S. The lowest BCUT2D eigenvalue weighted by Gasteiger charge is -2.06. The van der Waals surface area contributed by atoms with Crippen LogP contribution in [0.1, 0.15) is 27.0 Å². The predicted molar refractivity (Wildman–Crippen MR) is 79.4 cm³/mol. The van der Waals surface area contributed by atoms with Gasteiger partial charge in [-0.3, -0.25) is 4.21 Å². The standard InChI is InChI=1S/C16H16O3S/c1-11-3-6-13(7-4-11)10-20(19)14-8-5-12(2)15(9-14)16(17)18/h3-9H,10H2,1-2H3,(H,17,18). The van der Waals surface area contributed by atoms with Crippen LogP contribution in [-0.4, -0.2) is 15.3 Å². The van der Waals surface area contributed by atoms with E-state index >= 15 is 0 Å². The highest BCUT2D eigenvalue weighted by atomic mass is 32.2. The first-order chi connectivity index (χ1) is 9.47. The molecule has 2 aromatic rings. The van der Waals surface area contributed by atoms with Crippen molar-refractivity contribution in [1.82, 2.24) is 0 Å². The molecule has 3 nitrogen and oxygen atoms in total. The molecule has 104 valence electrons. The molecule has 0 saturated carbocycles. The van der Waals surface area contributed by atoms with Crippen LogP contribution in [0.2, 0.25) is 0 Å². The van der Waals surface area contributed by atoms with E-state index in [1.807, 2.05) is 31.2 Å². The topological polar surface area (TPSA) is 54.4 Å². The Morgan fingerprint density at radius 1 is 1.10 bits per heavy atom. The Balaban J connectivity index is 2.23. The van der Waals surface area contributed by atoms with Crippen molar-refractivity contribution in [2.45, 2.75) is 24.5 Å². The summed E-state index contributed by atoms with van der Waals surface area (Å²) in [4.78, 5) is 11.6. The van der Waals surface area contributed by atoms with Gasteiger partial charge in [-0.2, -0.15) is 0 Å². The third-order valence-electron chi connectivity index (χ3n) is 3.12. The van der Waals surface area contributed by atoms with E-state index in [0.717, 1.165) is 11.1 Å². The van der Waals surface area contributed by atoms with Crippen LogP contribution in [0.4, 0.5) is 0 Å². The molecule has 2 aromatic carbocycles. The van der Waals surface area contributed by atoms with Crippen molar-refractivity contribution >= 4 is 16.8 Å². The Kier molecular flexibility index (Phi) is 4.35. The molecule has 0 aliphatic carbocycles. The maximum absolute atomic E-state index is 12.3. The Labute approximate surface area is 120 Å². The normalized spacial score (nSPS) is 12.1. The molecule has 20 heavy (non-hydrogen) atoms. The van der Waals surface area contributed by atoms with Crippen LogP contribution in [-0.2, 0) is 16.6 Å². The Bertz CT molecular complexity index is 660. The van der Waals surface area contributed by atoms with E-state index in [-0.39, 0.29) is 5.56 Å². The number of aryl methyl sites for hydroxylation is 2. The minimum Gasteiger partial charge on any atom is -0.478 e. The van der Waals surface area contributed by atoms with E-state index in [1.54, 1.807) is 19.1 Å². The second-order valence-corrected chi connectivity index (χ2v) is 6.21. The summed E-state index contributed by atoms with van der Waals surface area (Å²) in [6.45, 7) is 3.73. The molecule has 0 aromatic heterocycles. The predicted octanol–water partition coefficient (Wildman–Crippen LogP) is 3.31. The molecule has 0 bridgehead atoms. The molecule has 1 N–H and O–H groups in total. The first-order valence-electron chi connectivity index (χ1n) is 6.25. The summed E-state index contributed by atoms with van der Waals surface area (Å²) in [6, 6.07) is 12.8. The first kappa shape index (κ1) is 14.5. The number of carbonyl (C=O) groups is 1. The number of carboxylic acid groups (broad SMARTS) is 1. The number of benzene rings is 2. The summed E-state index contributed by atoms with van der Waals surface area (Å²) < 4.78 is 12.3. The van der Waals surface area contributed by atoms with Crippen LogP contribution >= 0.6 is 0 Å². The Hall–Kier alpha value is -1.94. The van der Waals surface area contributed by atoms with Gasteiger partial charge in [0.2, 0.25) is 0 Å². The van der Waals surface area contributed by atoms with Crippen LogP contribution in [0.25, 0.3) is 0 Å². The fourth-order valence-corrected chi connectivity index (χ4v) is 3.02. The van der Waals surface area contributed by atoms with Gasteiger partial charge in [0.15, 0.2) is 0 Å². The van der Waals surface area contributed by atoms with E-state index in [9.17, 15) is 9.00 Å². The molecule has 0 spiro atoms. The van der Waals surface area contributed by atoms with Gasteiger partial charge in [0.25, 0.3) is 0 Å². The zero-order chi connectivity index (χ0) is 14.7. The number of carboxylic acids is 1. The first-order valence-corrected chi connectivity index (χ1v) is 7.57. The van der Waals surface area contributed by atoms with Crippen LogP contribution in [0, 0.1) is 13.8 Å². The van der Waals surface area contributed by atoms with Crippen molar-refractivity contribution in [3.05, 3.63) is 64.7 Å². The third-order valence-corrected chi connectivity index (χ3v) is 4.50. The Morgan fingerprint density at radius 2 is 1.75 bits per heavy atom. The van der Waals surface area contributed by atoms with E-state index in [1.165, 1.54) is 6.07 Å². The highest BCUT2D eigenvalue weighted by Gasteiger charge is 2.11. The van der Waals surface area contributed by atoms with Crippen molar-refractivity contribution in [3.8, 4) is 0 Å². The van der Waals surface area contributed by atoms with Gasteiger partial charge < -0.3 is 5.11 Å². The Morgan fingerprint density at radius 3 is 2.35 bits per heavy atom. The zero-order valence-corrected chi connectivity index (χ0v) is 12.2. The van der Waals surface area contributed by atoms with E-state index in [0.29, 0.717) is 16.2 Å². The second kappa shape index (κ2) is 6.01. The van der Waals surface area contributed by atoms with Crippen LogP contribution < -0.4 is 0 Å². The minimum absolute atomic E-state index is 0.208. The molecule has 1 unspecified atom stereocenters. The molecular weight excluding hydrogens is 272 g/mol. The summed E-state index contributed by atoms with van der Waals surface area (Å²) in [7, 11) is -1.24. The summed E-state index contributed by atoms with van der Waals surface area (Å²) in [5.74, 6) is -0.598. The highest BCUT2D eigenvalue weighted by molar-refractivity contribution is 7.84. The second-order valence-electron chi connectivity index (χ2n) is 4.76. The van der Waals surface area contributed by atoms with Gasteiger partial charge >= 0.3 is 5.97 Å². The summed E-state index contributed by atoms with van der Waals surface area (Å²) in [5.41, 5.74) is 3.02. The third kappa shape index (κ3) is 3.33. The lowest BCUT2D eigenvalue weighted by Crippen LogP contribution is -2.03. The molecule has 0 aliphatic heterocycles. The largest absolute Gasteiger partial charge is 0.478 e. The van der Waals surface area contributed by atoms with Gasteiger partial charge in [-0.05, 0) is 37.1 Å². The molecule has 0 saturated heterocycles. The molecule has 4 heteroatoms. The number of rotatable bonds is 4. The SMILES string of the molecule is Cc1ccc(CS(=O)c2ccc(C)c(C(=O)O)c2)cc1. The zero-order valence-electron chi connectivity index (χ0n) is 11.4. The molecule has 0 fully saturated rings. The fraction of sp³-hybridized carbons (Fsp3) is 0.188. The van der Waals surface area contributed by atoms with Gasteiger partial charge in [-0.15, -0.1) is 0 Å². The molecule has 1 atom stereocenters. The van der Waals surface area contributed by atoms with Crippen LogP contribution in [0.5, 0.6) is 0 Å². The van der Waals surface area contributed by atoms with Crippen molar-refractivity contribution in [1.29, 1.82) is 0 Å². The fourth-order valence-electron chi connectivity index (χ4n) is 1.89. The average molecular weight is 288 g/mol. The smallest absolute Gasteiger partial charge is 0.335 e. The molecule has 0 radical (unpaired) electrons. The van der Waals surface area contributed by atoms with E-state index < -0.39 is 16.8 Å². The van der Waals surface area contributed by atoms with Crippen molar-refractivity contribution in [2.75, 3.05) is 0 Å². The summed E-state index contributed by atoms with van der Waals surface area (Å²) in [6.07, 6.45) is 0. The maximum Gasteiger partial charge on any atom is 0.335 e. The van der Waals surface area contributed by atoms with Crippen molar-refractivity contribution < 1.29 is 14.1 Å². The maximum atomic E-state index is 12.3. The van der Waals surface area contributed by atoms with Gasteiger partial charge in [0.1, 0.15) is 0 Å². The number of hydrogen-bond donors (Lipinski definition) is 1. The monoisotopic (exact) mass is 288 g/mol. The lowest BCUT2D eigenvalue weighted by atomic mass is 10.1. The molecule has 2 rings (SSSR count). The quantitative estimate of drug-likeness (QED) is 0.939. The van der Waals surface area contributed by atoms with Crippen LogP contribution in [0.3, 0.4) is 0 Å². The van der Waals surface area contributed by atoms with Gasteiger partial charge in [-0.1, -0.05) is 35.9 Å². The van der Waals surface area contributed by atoms with Crippen molar-refractivity contribution in [3.63, 3.8) is 0 Å². The number of hydrogen-bond acceptors (Lipinski definition) is 2. The summed E-state index contributed by atoms with van der Waals surface area (Å²) >= 11 is 0. The van der Waals surface area contributed by atoms with Crippen molar-refractivity contribution in [2.24, 2.45) is 0 Å². The van der Waals surface area contributed by atoms with Crippen LogP contribution in [0.15, 0.2) is 47.4 Å². The van der Waals surface area contributed by atoms with Gasteiger partial charge in [-0.25, -0.2) is 4.79 Å². The molecule has 0 heterocycles. The molecule has 0 aliphatic rings. The van der Waals surface area contributed by atoms with E-state index in [4.69, 9.17) is 5.11 Å². The summed E-state index contributed by atoms with van der Waals surface area (Å²) in [5, 5.41) is 9.09. The van der Waals surface area contributed by atoms with E-state index in [2.05, 4.69) is 0 Å².